The lowest BCUT2D eigenvalue weighted by Gasteiger charge is -2.26. The van der Waals surface area contributed by atoms with Gasteiger partial charge in [0.15, 0.2) is 9.84 Å². The number of pyridine rings is 1. The van der Waals surface area contributed by atoms with Gasteiger partial charge in [-0.25, -0.2) is 20.8 Å². The Labute approximate surface area is 316 Å². The zero-order chi connectivity index (χ0) is 37.8. The molecule has 3 aromatic carbocycles. The zero-order valence-corrected chi connectivity index (χ0v) is 31.4. The van der Waals surface area contributed by atoms with Gasteiger partial charge in [0.25, 0.3) is 15.9 Å². The van der Waals surface area contributed by atoms with Gasteiger partial charge in [-0.05, 0) is 80.8 Å². The molecule has 1 saturated carbocycles. The Morgan fingerprint density at radius 1 is 0.907 bits per heavy atom. The highest BCUT2D eigenvalue weighted by Crippen LogP contribution is 2.47. The standard InChI is InChI=1S/C38H35N5O8S3/c1-23(30-17-25-20-39-16-15-29(25)43(30)54(49,50)27-7-3-2-4-8-27)41-38(46)31-19-28(53(47,48)26-12-13-26)22-42(31)36(44)21-40-37(45)24-11-14-35-33(18-24)51-32-9-5-6-10-34(32)52-35/h2-11,14-18,20,23,26,28,31H,12-13,19,21-22H2,1H3,(H,40,45)(H,41,46)/t23-,28-,31+/m1/s1. The molecule has 3 atom stereocenters. The molecule has 0 unspecified atom stereocenters. The predicted molar refractivity (Wildman–Crippen MR) is 201 cm³/mol. The van der Waals surface area contributed by atoms with Crippen molar-refractivity contribution in [3.63, 3.8) is 0 Å². The lowest BCUT2D eigenvalue weighted by molar-refractivity contribution is -0.138. The number of rotatable bonds is 10. The maximum Gasteiger partial charge on any atom is 0.268 e. The van der Waals surface area contributed by atoms with Gasteiger partial charge in [-0.3, -0.25) is 19.4 Å². The van der Waals surface area contributed by atoms with E-state index in [9.17, 15) is 31.2 Å². The Bertz CT molecular complexity index is 2540. The fourth-order valence-corrected chi connectivity index (χ4v) is 11.7. The van der Waals surface area contributed by atoms with Gasteiger partial charge >= 0.3 is 0 Å². The number of nitrogens with one attached hydrogen (secondary N) is 2. The number of carbonyl (C=O) groups is 3. The third-order valence-electron chi connectivity index (χ3n) is 9.90. The number of amides is 3. The Morgan fingerprint density at radius 3 is 2.43 bits per heavy atom. The predicted octanol–water partition coefficient (Wildman–Crippen LogP) is 4.68. The minimum absolute atomic E-state index is 0.0500. The van der Waals surface area contributed by atoms with Crippen LogP contribution in [0.1, 0.15) is 48.3 Å². The van der Waals surface area contributed by atoms with Gasteiger partial charge < -0.3 is 20.3 Å². The van der Waals surface area contributed by atoms with E-state index in [2.05, 4.69) is 15.6 Å². The monoisotopic (exact) mass is 785 g/mol. The first-order valence-corrected chi connectivity index (χ1v) is 21.2. The second-order valence-electron chi connectivity index (χ2n) is 13.5. The summed E-state index contributed by atoms with van der Waals surface area (Å²) in [5, 5.41) is 4.53. The van der Waals surface area contributed by atoms with Gasteiger partial charge in [-0.15, -0.1) is 0 Å². The SMILES string of the molecule is C[C@@H](NC(=O)[C@@H]1C[C@@H](S(=O)(=O)C2CC2)CN1C(=O)CNC(=O)c1ccc2c(c1)Oc1ccccc1S2)c1cc2cnccc2n1S(=O)(=O)c1ccccc1. The van der Waals surface area contributed by atoms with Crippen molar-refractivity contribution in [2.75, 3.05) is 13.1 Å². The first-order chi connectivity index (χ1) is 25.9. The molecule has 4 heterocycles. The largest absolute Gasteiger partial charge is 0.455 e. The van der Waals surface area contributed by atoms with E-state index in [1.807, 2.05) is 24.3 Å². The highest BCUT2D eigenvalue weighted by Gasteiger charge is 2.49. The Kier molecular flexibility index (Phi) is 9.22. The molecule has 3 aliphatic rings. The van der Waals surface area contributed by atoms with Crippen LogP contribution in [0.2, 0.25) is 0 Å². The normalized spacial score (nSPS) is 18.6. The summed E-state index contributed by atoms with van der Waals surface area (Å²) in [5.41, 5.74) is 0.871. The number of carbonyl (C=O) groups excluding carboxylic acids is 3. The summed E-state index contributed by atoms with van der Waals surface area (Å²) in [4.78, 5) is 48.2. The number of fused-ring (bicyclic) bond motifs is 3. The summed E-state index contributed by atoms with van der Waals surface area (Å²) in [7, 11) is -7.74. The van der Waals surface area contributed by atoms with Crippen LogP contribution < -0.4 is 15.4 Å². The van der Waals surface area contributed by atoms with Gasteiger partial charge in [0.2, 0.25) is 11.8 Å². The Morgan fingerprint density at radius 2 is 1.65 bits per heavy atom. The number of ether oxygens (including phenoxy) is 1. The number of para-hydroxylation sites is 1. The van der Waals surface area contributed by atoms with E-state index in [4.69, 9.17) is 4.74 Å². The van der Waals surface area contributed by atoms with Crippen molar-refractivity contribution in [3.8, 4) is 11.5 Å². The van der Waals surface area contributed by atoms with Crippen molar-refractivity contribution in [1.82, 2.24) is 24.5 Å². The number of benzene rings is 3. The lowest BCUT2D eigenvalue weighted by Crippen LogP contribution is -2.49. The number of hydrogen-bond acceptors (Lipinski definition) is 10. The summed E-state index contributed by atoms with van der Waals surface area (Å²) in [6.07, 6.45) is 3.93. The van der Waals surface area contributed by atoms with Gasteiger partial charge in [-0.1, -0.05) is 42.1 Å². The van der Waals surface area contributed by atoms with Crippen LogP contribution in [0, 0.1) is 0 Å². The third kappa shape index (κ3) is 6.62. The van der Waals surface area contributed by atoms with Gasteiger partial charge in [-0.2, -0.15) is 0 Å². The van der Waals surface area contributed by atoms with Crippen LogP contribution in [0.15, 0.2) is 112 Å². The Balaban J connectivity index is 1.01. The number of likely N-dealkylation sites (tertiary alicyclic amines) is 1. The van der Waals surface area contributed by atoms with Crippen LogP contribution in [0.3, 0.4) is 0 Å². The van der Waals surface area contributed by atoms with E-state index in [0.717, 1.165) is 9.79 Å². The molecule has 3 amide bonds. The van der Waals surface area contributed by atoms with E-state index < -0.39 is 66.7 Å². The molecule has 1 aliphatic carbocycles. The summed E-state index contributed by atoms with van der Waals surface area (Å²) in [6.45, 7) is 0.924. The minimum Gasteiger partial charge on any atom is -0.455 e. The van der Waals surface area contributed by atoms with Crippen LogP contribution >= 0.6 is 11.8 Å². The van der Waals surface area contributed by atoms with Crippen LogP contribution in [-0.4, -0.2) is 78.0 Å². The lowest BCUT2D eigenvalue weighted by atomic mass is 10.1. The molecular formula is C38H35N5O8S3. The van der Waals surface area contributed by atoms with Gasteiger partial charge in [0.1, 0.15) is 17.5 Å². The second kappa shape index (κ2) is 13.9. The maximum absolute atomic E-state index is 14.1. The van der Waals surface area contributed by atoms with Crippen molar-refractivity contribution in [1.29, 1.82) is 0 Å². The average molecular weight is 786 g/mol. The number of aromatic nitrogens is 2. The maximum atomic E-state index is 14.1. The van der Waals surface area contributed by atoms with Crippen LogP contribution in [0.5, 0.6) is 11.5 Å². The summed E-state index contributed by atoms with van der Waals surface area (Å²) in [6, 6.07) is 21.6. The first kappa shape index (κ1) is 35.8. The molecule has 2 fully saturated rings. The van der Waals surface area contributed by atoms with Crippen LogP contribution in [0.25, 0.3) is 10.9 Å². The smallest absolute Gasteiger partial charge is 0.268 e. The highest BCUT2D eigenvalue weighted by molar-refractivity contribution is 7.99. The fraction of sp³-hybridized carbons (Fsp3) is 0.263. The molecule has 5 aromatic rings. The average Bonchev–Trinajstić information content (AvgIpc) is 3.82. The molecular weight excluding hydrogens is 751 g/mol. The molecule has 1 saturated heterocycles. The topological polar surface area (TPSA) is 174 Å². The molecule has 278 valence electrons. The minimum atomic E-state index is -4.12. The molecule has 8 rings (SSSR count). The van der Waals surface area contributed by atoms with E-state index >= 15 is 0 Å². The van der Waals surface area contributed by atoms with Crippen molar-refractivity contribution in [3.05, 3.63) is 109 Å². The van der Waals surface area contributed by atoms with Crippen molar-refractivity contribution < 1.29 is 36.0 Å². The summed E-state index contributed by atoms with van der Waals surface area (Å²) in [5.74, 6) is -0.649. The van der Waals surface area contributed by atoms with Crippen molar-refractivity contribution in [2.24, 2.45) is 0 Å². The molecule has 2 aromatic heterocycles. The number of hydrogen-bond donors (Lipinski definition) is 2. The summed E-state index contributed by atoms with van der Waals surface area (Å²) < 4.78 is 61.8. The second-order valence-corrected chi connectivity index (χ2v) is 18.9. The van der Waals surface area contributed by atoms with E-state index in [1.54, 1.807) is 55.5 Å². The molecule has 0 spiro atoms. The fourth-order valence-electron chi connectivity index (χ4n) is 6.96. The first-order valence-electron chi connectivity index (χ1n) is 17.4. The highest BCUT2D eigenvalue weighted by atomic mass is 32.2. The Hall–Kier alpha value is -5.19. The third-order valence-corrected chi connectivity index (χ3v) is 15.4. The van der Waals surface area contributed by atoms with Gasteiger partial charge in [0.05, 0.1) is 49.0 Å². The number of sulfone groups is 1. The zero-order valence-electron chi connectivity index (χ0n) is 28.9. The van der Waals surface area contributed by atoms with Crippen molar-refractivity contribution in [2.45, 2.75) is 63.5 Å². The van der Waals surface area contributed by atoms with Crippen LogP contribution in [-0.2, 0) is 29.4 Å². The molecule has 16 heteroatoms. The number of nitrogens with zero attached hydrogens (tertiary/aromatic N) is 3. The summed E-state index contributed by atoms with van der Waals surface area (Å²) >= 11 is 1.52. The van der Waals surface area contributed by atoms with E-state index in [0.29, 0.717) is 35.2 Å². The molecule has 0 radical (unpaired) electrons. The molecule has 13 nitrogen and oxygen atoms in total. The molecule has 2 aliphatic heterocycles. The van der Waals surface area contributed by atoms with Gasteiger partial charge in [0, 0.05) is 29.9 Å². The van der Waals surface area contributed by atoms with Crippen LogP contribution in [0.4, 0.5) is 0 Å². The van der Waals surface area contributed by atoms with E-state index in [1.165, 1.54) is 45.2 Å². The molecule has 0 bridgehead atoms. The van der Waals surface area contributed by atoms with E-state index in [-0.39, 0.29) is 29.1 Å². The molecule has 2 N–H and O–H groups in total. The molecule has 54 heavy (non-hydrogen) atoms. The quantitative estimate of drug-likeness (QED) is 0.199. The van der Waals surface area contributed by atoms with Crippen molar-refractivity contribution >= 4 is 60.2 Å².